The summed E-state index contributed by atoms with van der Waals surface area (Å²) in [4.78, 5) is 32.7. The van der Waals surface area contributed by atoms with Crippen molar-refractivity contribution in [2.75, 3.05) is 13.1 Å². The van der Waals surface area contributed by atoms with Crippen LogP contribution in [0.4, 0.5) is 0 Å². The van der Waals surface area contributed by atoms with Crippen LogP contribution in [0.1, 0.15) is 18.0 Å². The Balaban J connectivity index is 1.95. The van der Waals surface area contributed by atoms with E-state index < -0.39 is 0 Å². The van der Waals surface area contributed by atoms with E-state index in [4.69, 9.17) is 0 Å². The molecule has 1 fully saturated rings. The van der Waals surface area contributed by atoms with Gasteiger partial charge in [0.1, 0.15) is 0 Å². The predicted molar refractivity (Wildman–Crippen MR) is 84.2 cm³/mol. The molecule has 1 saturated heterocycles. The number of aromatic amines is 1. The Labute approximate surface area is 129 Å². The van der Waals surface area contributed by atoms with Crippen molar-refractivity contribution in [3.63, 3.8) is 0 Å². The SMILES string of the molecule is C=CC(=O)N1CCC(c2cc3ncc(Br)cc3c(=O)[nH]2)C1. The Morgan fingerprint density at radius 1 is 1.52 bits per heavy atom. The van der Waals surface area contributed by atoms with Crippen molar-refractivity contribution in [1.82, 2.24) is 14.9 Å². The molecule has 2 aromatic heterocycles. The molecule has 21 heavy (non-hydrogen) atoms. The number of H-pyrrole nitrogens is 1. The van der Waals surface area contributed by atoms with Crippen LogP contribution in [0.5, 0.6) is 0 Å². The van der Waals surface area contributed by atoms with Gasteiger partial charge in [-0.2, -0.15) is 0 Å². The number of carbonyl (C=O) groups excluding carboxylic acids is 1. The molecule has 1 amide bonds. The Kier molecular flexibility index (Phi) is 3.63. The van der Waals surface area contributed by atoms with E-state index in [9.17, 15) is 9.59 Å². The second-order valence-electron chi connectivity index (χ2n) is 5.11. The van der Waals surface area contributed by atoms with Crippen LogP contribution in [0.2, 0.25) is 0 Å². The van der Waals surface area contributed by atoms with Gasteiger partial charge in [-0.15, -0.1) is 0 Å². The zero-order valence-corrected chi connectivity index (χ0v) is 12.9. The Hall–Kier alpha value is -1.95. The lowest BCUT2D eigenvalue weighted by Gasteiger charge is -2.14. The highest BCUT2D eigenvalue weighted by Crippen LogP contribution is 2.27. The number of nitrogens with one attached hydrogen (secondary N) is 1. The summed E-state index contributed by atoms with van der Waals surface area (Å²) < 4.78 is 0.775. The van der Waals surface area contributed by atoms with E-state index in [1.54, 1.807) is 17.2 Å². The molecule has 3 heterocycles. The van der Waals surface area contributed by atoms with Gasteiger partial charge in [0.2, 0.25) is 5.91 Å². The van der Waals surface area contributed by atoms with Gasteiger partial charge in [0.05, 0.1) is 10.9 Å². The fourth-order valence-electron chi connectivity index (χ4n) is 2.69. The number of halogens is 1. The van der Waals surface area contributed by atoms with E-state index in [0.29, 0.717) is 24.0 Å². The minimum Gasteiger partial charge on any atom is -0.338 e. The summed E-state index contributed by atoms with van der Waals surface area (Å²) in [6.45, 7) is 4.79. The maximum Gasteiger partial charge on any atom is 0.257 e. The lowest BCUT2D eigenvalue weighted by molar-refractivity contribution is -0.125. The number of likely N-dealkylation sites (tertiary alicyclic amines) is 1. The van der Waals surface area contributed by atoms with Crippen molar-refractivity contribution >= 4 is 32.7 Å². The summed E-state index contributed by atoms with van der Waals surface area (Å²) in [5.74, 6) is 0.0686. The molecule has 1 aliphatic heterocycles. The summed E-state index contributed by atoms with van der Waals surface area (Å²) in [6.07, 6.45) is 3.83. The Bertz CT molecular complexity index is 784. The zero-order valence-electron chi connectivity index (χ0n) is 11.3. The third kappa shape index (κ3) is 2.63. The average Bonchev–Trinajstić information content (AvgIpc) is 2.97. The second-order valence-corrected chi connectivity index (χ2v) is 6.03. The monoisotopic (exact) mass is 347 g/mol. The van der Waals surface area contributed by atoms with Gasteiger partial charge in [-0.05, 0) is 40.6 Å². The first kappa shape index (κ1) is 14.0. The molecule has 0 spiro atoms. The van der Waals surface area contributed by atoms with Crippen molar-refractivity contribution in [2.24, 2.45) is 0 Å². The third-order valence-electron chi connectivity index (χ3n) is 3.79. The molecular weight excluding hydrogens is 334 g/mol. The minimum absolute atomic E-state index is 0.0670. The highest BCUT2D eigenvalue weighted by molar-refractivity contribution is 9.10. The molecule has 0 saturated carbocycles. The van der Waals surface area contributed by atoms with Crippen LogP contribution in [0, 0.1) is 0 Å². The van der Waals surface area contributed by atoms with E-state index in [-0.39, 0.29) is 17.4 Å². The van der Waals surface area contributed by atoms with Gasteiger partial charge in [-0.1, -0.05) is 6.58 Å². The van der Waals surface area contributed by atoms with E-state index >= 15 is 0 Å². The Morgan fingerprint density at radius 3 is 3.10 bits per heavy atom. The maximum absolute atomic E-state index is 12.2. The van der Waals surface area contributed by atoms with Crippen molar-refractivity contribution in [3.05, 3.63) is 51.5 Å². The van der Waals surface area contributed by atoms with Crippen LogP contribution in [0.15, 0.2) is 40.3 Å². The molecule has 1 aliphatic rings. The van der Waals surface area contributed by atoms with Crippen LogP contribution in [-0.4, -0.2) is 33.9 Å². The molecule has 3 rings (SSSR count). The fraction of sp³-hybridized carbons (Fsp3) is 0.267. The van der Waals surface area contributed by atoms with Gasteiger partial charge in [0.25, 0.3) is 5.56 Å². The van der Waals surface area contributed by atoms with Crippen LogP contribution in [-0.2, 0) is 4.79 Å². The van der Waals surface area contributed by atoms with Crippen LogP contribution in [0.25, 0.3) is 10.9 Å². The minimum atomic E-state index is -0.148. The molecule has 0 bridgehead atoms. The number of fused-ring (bicyclic) bond motifs is 1. The predicted octanol–water partition coefficient (Wildman–Crippen LogP) is 2.19. The largest absolute Gasteiger partial charge is 0.338 e. The molecule has 6 heteroatoms. The number of nitrogens with zero attached hydrogens (tertiary/aromatic N) is 2. The van der Waals surface area contributed by atoms with Gasteiger partial charge in [0.15, 0.2) is 0 Å². The second kappa shape index (κ2) is 5.44. The summed E-state index contributed by atoms with van der Waals surface area (Å²) in [7, 11) is 0. The number of pyridine rings is 2. The standard InChI is InChI=1S/C15H14BrN3O2/c1-2-14(20)19-4-3-9(8-19)12-6-13-11(15(21)18-12)5-10(16)7-17-13/h2,5-7,9H,1,3-4,8H2,(H,18,21). The summed E-state index contributed by atoms with van der Waals surface area (Å²) in [6, 6.07) is 3.66. The number of hydrogen-bond donors (Lipinski definition) is 1. The summed E-state index contributed by atoms with van der Waals surface area (Å²) >= 11 is 3.31. The van der Waals surface area contributed by atoms with Gasteiger partial charge in [-0.3, -0.25) is 14.6 Å². The Morgan fingerprint density at radius 2 is 2.33 bits per heavy atom. The molecular formula is C15H14BrN3O2. The quantitative estimate of drug-likeness (QED) is 0.846. The van der Waals surface area contributed by atoms with Crippen molar-refractivity contribution in [2.45, 2.75) is 12.3 Å². The van der Waals surface area contributed by atoms with Gasteiger partial charge in [0, 0.05) is 35.4 Å². The highest BCUT2D eigenvalue weighted by atomic mass is 79.9. The first-order valence-electron chi connectivity index (χ1n) is 6.68. The molecule has 0 aromatic carbocycles. The number of hydrogen-bond acceptors (Lipinski definition) is 3. The smallest absolute Gasteiger partial charge is 0.257 e. The highest BCUT2D eigenvalue weighted by Gasteiger charge is 2.27. The van der Waals surface area contributed by atoms with Crippen molar-refractivity contribution in [1.29, 1.82) is 0 Å². The average molecular weight is 348 g/mol. The molecule has 0 aliphatic carbocycles. The number of amides is 1. The zero-order chi connectivity index (χ0) is 15.0. The molecule has 1 unspecified atom stereocenters. The van der Waals surface area contributed by atoms with E-state index in [2.05, 4.69) is 32.5 Å². The topological polar surface area (TPSA) is 66.1 Å². The molecule has 1 N–H and O–H groups in total. The molecule has 1 atom stereocenters. The molecule has 5 nitrogen and oxygen atoms in total. The summed E-state index contributed by atoms with van der Waals surface area (Å²) in [5.41, 5.74) is 1.36. The number of aromatic nitrogens is 2. The lowest BCUT2D eigenvalue weighted by atomic mass is 10.0. The van der Waals surface area contributed by atoms with Crippen LogP contribution >= 0.6 is 15.9 Å². The first-order valence-corrected chi connectivity index (χ1v) is 7.47. The molecule has 108 valence electrons. The summed E-state index contributed by atoms with van der Waals surface area (Å²) in [5, 5.41) is 0.560. The van der Waals surface area contributed by atoms with Gasteiger partial charge < -0.3 is 9.88 Å². The van der Waals surface area contributed by atoms with E-state index in [1.165, 1.54) is 6.08 Å². The first-order chi connectivity index (χ1) is 10.1. The van der Waals surface area contributed by atoms with Gasteiger partial charge >= 0.3 is 0 Å². The fourth-order valence-corrected chi connectivity index (χ4v) is 3.02. The van der Waals surface area contributed by atoms with Gasteiger partial charge in [-0.25, -0.2) is 0 Å². The third-order valence-corrected chi connectivity index (χ3v) is 4.23. The number of carbonyl (C=O) groups is 1. The molecule has 0 radical (unpaired) electrons. The van der Waals surface area contributed by atoms with Crippen LogP contribution in [0.3, 0.4) is 0 Å². The van der Waals surface area contributed by atoms with E-state index in [1.807, 2.05) is 6.07 Å². The number of rotatable bonds is 2. The van der Waals surface area contributed by atoms with Crippen LogP contribution < -0.4 is 5.56 Å². The maximum atomic E-state index is 12.2. The van der Waals surface area contributed by atoms with Crippen molar-refractivity contribution in [3.8, 4) is 0 Å². The van der Waals surface area contributed by atoms with Crippen molar-refractivity contribution < 1.29 is 4.79 Å². The lowest BCUT2D eigenvalue weighted by Crippen LogP contribution is -2.26. The van der Waals surface area contributed by atoms with E-state index in [0.717, 1.165) is 16.6 Å². The normalized spacial score (nSPS) is 18.1. The molecule has 2 aromatic rings.